The molecule has 0 aromatic rings. The lowest BCUT2D eigenvalue weighted by molar-refractivity contribution is 0.163. The normalized spacial score (nSPS) is 24.0. The van der Waals surface area contributed by atoms with E-state index in [1.54, 1.807) is 0 Å². The van der Waals surface area contributed by atoms with E-state index in [-0.39, 0.29) is 6.10 Å². The Morgan fingerprint density at radius 2 is 2.00 bits per heavy atom. The summed E-state index contributed by atoms with van der Waals surface area (Å²) in [5.74, 6) is 3.65. The molecule has 2 unspecified atom stereocenters. The average Bonchev–Trinajstić information content (AvgIpc) is 2.30. The molecule has 90 valence electrons. The highest BCUT2D eigenvalue weighted by molar-refractivity contribution is 8.06. The second-order valence-electron chi connectivity index (χ2n) is 4.25. The highest BCUT2D eigenvalue weighted by Crippen LogP contribution is 2.28. The third-order valence-electron chi connectivity index (χ3n) is 2.87. The van der Waals surface area contributed by atoms with E-state index in [9.17, 15) is 5.11 Å². The first-order chi connectivity index (χ1) is 7.34. The van der Waals surface area contributed by atoms with Crippen molar-refractivity contribution >= 4 is 23.5 Å². The molecule has 1 N–H and O–H groups in total. The van der Waals surface area contributed by atoms with Gasteiger partial charge in [0.15, 0.2) is 0 Å². The van der Waals surface area contributed by atoms with Gasteiger partial charge in [-0.25, -0.2) is 0 Å². The summed E-state index contributed by atoms with van der Waals surface area (Å²) >= 11 is 3.97. The van der Waals surface area contributed by atoms with Crippen LogP contribution < -0.4 is 0 Å². The lowest BCUT2D eigenvalue weighted by atomic mass is 10.1. The van der Waals surface area contributed by atoms with E-state index >= 15 is 0 Å². The Hall–Kier alpha value is 0.660. The third-order valence-corrected chi connectivity index (χ3v) is 5.78. The van der Waals surface area contributed by atoms with E-state index in [2.05, 4.69) is 6.92 Å². The highest BCUT2D eigenvalue weighted by atomic mass is 32.2. The van der Waals surface area contributed by atoms with Gasteiger partial charge in [0.25, 0.3) is 0 Å². The SMILES string of the molecule is CCCCCCCC(O)C1CSCCS1. The summed E-state index contributed by atoms with van der Waals surface area (Å²) in [4.78, 5) is 0. The van der Waals surface area contributed by atoms with Crippen LogP contribution in [0.2, 0.25) is 0 Å². The zero-order chi connectivity index (χ0) is 10.9. The summed E-state index contributed by atoms with van der Waals surface area (Å²) in [7, 11) is 0. The van der Waals surface area contributed by atoms with Crippen molar-refractivity contribution in [3.8, 4) is 0 Å². The van der Waals surface area contributed by atoms with E-state index in [4.69, 9.17) is 0 Å². The molecule has 0 spiro atoms. The molecular formula is C12H24OS2. The van der Waals surface area contributed by atoms with Crippen LogP contribution in [0.5, 0.6) is 0 Å². The van der Waals surface area contributed by atoms with Gasteiger partial charge in [-0.05, 0) is 6.42 Å². The molecule has 1 aliphatic rings. The summed E-state index contributed by atoms with van der Waals surface area (Å²) in [5.41, 5.74) is 0. The first-order valence-corrected chi connectivity index (χ1v) is 8.42. The molecule has 0 amide bonds. The molecule has 15 heavy (non-hydrogen) atoms. The standard InChI is InChI=1S/C12H24OS2/c1-2-3-4-5-6-7-11(13)12-10-14-8-9-15-12/h11-13H,2-10H2,1H3. The minimum atomic E-state index is -0.0515. The van der Waals surface area contributed by atoms with Gasteiger partial charge >= 0.3 is 0 Å². The predicted octanol–water partition coefficient (Wildman–Crippen LogP) is 3.56. The van der Waals surface area contributed by atoms with Gasteiger partial charge in [-0.2, -0.15) is 23.5 Å². The Bertz CT molecular complexity index is 147. The topological polar surface area (TPSA) is 20.2 Å². The molecular weight excluding hydrogens is 224 g/mol. The summed E-state index contributed by atoms with van der Waals surface area (Å²) in [6.07, 6.45) is 7.47. The Morgan fingerprint density at radius 3 is 2.67 bits per heavy atom. The lowest BCUT2D eigenvalue weighted by Gasteiger charge is -2.25. The maximum atomic E-state index is 10.00. The van der Waals surface area contributed by atoms with Gasteiger partial charge in [-0.1, -0.05) is 39.0 Å². The Kier molecular flexibility index (Phi) is 8.02. The fraction of sp³-hybridized carbons (Fsp3) is 1.00. The van der Waals surface area contributed by atoms with E-state index in [0.717, 1.165) is 12.2 Å². The molecule has 0 aliphatic carbocycles. The number of thioether (sulfide) groups is 2. The van der Waals surface area contributed by atoms with Crippen LogP contribution in [-0.2, 0) is 0 Å². The van der Waals surface area contributed by atoms with Gasteiger partial charge in [0.2, 0.25) is 0 Å². The molecule has 2 atom stereocenters. The second kappa shape index (κ2) is 8.77. The minimum absolute atomic E-state index is 0.0515. The quantitative estimate of drug-likeness (QED) is 0.696. The van der Waals surface area contributed by atoms with E-state index in [0.29, 0.717) is 5.25 Å². The zero-order valence-corrected chi connectivity index (χ0v) is 11.4. The van der Waals surface area contributed by atoms with Crippen LogP contribution in [0.3, 0.4) is 0 Å². The first kappa shape index (κ1) is 13.7. The van der Waals surface area contributed by atoms with Crippen molar-refractivity contribution in [2.45, 2.75) is 56.8 Å². The van der Waals surface area contributed by atoms with Gasteiger partial charge in [0.05, 0.1) is 6.10 Å². The third kappa shape index (κ3) is 6.08. The molecule has 0 aromatic heterocycles. The maximum Gasteiger partial charge on any atom is 0.0666 e. The van der Waals surface area contributed by atoms with Crippen molar-refractivity contribution in [2.75, 3.05) is 17.3 Å². The summed E-state index contributed by atoms with van der Waals surface area (Å²) < 4.78 is 0. The van der Waals surface area contributed by atoms with E-state index in [1.807, 2.05) is 23.5 Å². The number of aliphatic hydroxyl groups is 1. The summed E-state index contributed by atoms with van der Waals surface area (Å²) in [6.45, 7) is 2.24. The smallest absolute Gasteiger partial charge is 0.0666 e. The number of aliphatic hydroxyl groups excluding tert-OH is 1. The molecule has 0 saturated carbocycles. The van der Waals surface area contributed by atoms with Crippen molar-refractivity contribution < 1.29 is 5.11 Å². The van der Waals surface area contributed by atoms with Crippen molar-refractivity contribution in [3.63, 3.8) is 0 Å². The Labute approximate surface area is 103 Å². The molecule has 1 rings (SSSR count). The van der Waals surface area contributed by atoms with Crippen molar-refractivity contribution in [1.82, 2.24) is 0 Å². The largest absolute Gasteiger partial charge is 0.392 e. The summed E-state index contributed by atoms with van der Waals surface area (Å²) in [5, 5.41) is 10.5. The number of hydrogen-bond donors (Lipinski definition) is 1. The van der Waals surface area contributed by atoms with Crippen molar-refractivity contribution in [3.05, 3.63) is 0 Å². The van der Waals surface area contributed by atoms with E-state index < -0.39 is 0 Å². The van der Waals surface area contributed by atoms with Gasteiger partial charge in [-0.15, -0.1) is 0 Å². The number of rotatable bonds is 7. The molecule has 0 bridgehead atoms. The van der Waals surface area contributed by atoms with Gasteiger partial charge in [-0.3, -0.25) is 0 Å². The average molecular weight is 248 g/mol. The van der Waals surface area contributed by atoms with Crippen LogP contribution in [0.1, 0.15) is 45.4 Å². The molecule has 3 heteroatoms. The van der Waals surface area contributed by atoms with Gasteiger partial charge < -0.3 is 5.11 Å². The molecule has 1 nitrogen and oxygen atoms in total. The van der Waals surface area contributed by atoms with Crippen LogP contribution in [0.15, 0.2) is 0 Å². The van der Waals surface area contributed by atoms with E-state index in [1.165, 1.54) is 43.6 Å². The molecule has 0 radical (unpaired) electrons. The summed E-state index contributed by atoms with van der Waals surface area (Å²) in [6, 6.07) is 0. The van der Waals surface area contributed by atoms with Crippen molar-refractivity contribution in [1.29, 1.82) is 0 Å². The number of unbranched alkanes of at least 4 members (excludes halogenated alkanes) is 4. The molecule has 1 saturated heterocycles. The van der Waals surface area contributed by atoms with Crippen molar-refractivity contribution in [2.24, 2.45) is 0 Å². The maximum absolute atomic E-state index is 10.00. The Balaban J connectivity index is 1.99. The minimum Gasteiger partial charge on any atom is -0.392 e. The van der Waals surface area contributed by atoms with Crippen LogP contribution in [0.4, 0.5) is 0 Å². The predicted molar refractivity (Wildman–Crippen MR) is 73.0 cm³/mol. The first-order valence-electron chi connectivity index (χ1n) is 6.22. The molecule has 0 aromatic carbocycles. The van der Waals surface area contributed by atoms with Crippen LogP contribution in [-0.4, -0.2) is 33.7 Å². The molecule has 1 aliphatic heterocycles. The lowest BCUT2D eigenvalue weighted by Crippen LogP contribution is -2.28. The van der Waals surface area contributed by atoms with Crippen LogP contribution in [0.25, 0.3) is 0 Å². The highest BCUT2D eigenvalue weighted by Gasteiger charge is 2.21. The fourth-order valence-electron chi connectivity index (χ4n) is 1.87. The number of hydrogen-bond acceptors (Lipinski definition) is 3. The zero-order valence-electron chi connectivity index (χ0n) is 9.78. The Morgan fingerprint density at radius 1 is 1.20 bits per heavy atom. The molecule has 1 fully saturated rings. The van der Waals surface area contributed by atoms with Gasteiger partial charge in [0.1, 0.15) is 0 Å². The van der Waals surface area contributed by atoms with Gasteiger partial charge in [0, 0.05) is 22.5 Å². The second-order valence-corrected chi connectivity index (χ2v) is 6.75. The van der Waals surface area contributed by atoms with Crippen LogP contribution in [0, 0.1) is 0 Å². The molecule has 1 heterocycles. The fourth-order valence-corrected chi connectivity index (χ4v) is 4.68. The van der Waals surface area contributed by atoms with Crippen LogP contribution >= 0.6 is 23.5 Å². The monoisotopic (exact) mass is 248 g/mol.